The van der Waals surface area contributed by atoms with Crippen LogP contribution in [0.3, 0.4) is 0 Å². The van der Waals surface area contributed by atoms with Gasteiger partial charge in [-0.2, -0.15) is 0 Å². The van der Waals surface area contributed by atoms with Crippen molar-refractivity contribution in [1.82, 2.24) is 15.5 Å². The highest BCUT2D eigenvalue weighted by Gasteiger charge is 2.16. The van der Waals surface area contributed by atoms with Gasteiger partial charge in [0.25, 0.3) is 0 Å². The summed E-state index contributed by atoms with van der Waals surface area (Å²) in [7, 11) is 1.75. The molecule has 1 rings (SSSR count). The predicted octanol–water partition coefficient (Wildman–Crippen LogP) is 2.75. The van der Waals surface area contributed by atoms with Crippen LogP contribution >= 0.6 is 24.0 Å². The molecule has 5 nitrogen and oxygen atoms in total. The number of carbonyl (C=O) groups is 1. The molecule has 0 aromatic rings. The van der Waals surface area contributed by atoms with Crippen molar-refractivity contribution in [3.8, 4) is 0 Å². The Kier molecular flexibility index (Phi) is 12.6. The normalized spacial score (nSPS) is 16.7. The Morgan fingerprint density at radius 1 is 1.23 bits per heavy atom. The topological polar surface area (TPSA) is 56.7 Å². The molecule has 1 amide bonds. The van der Waals surface area contributed by atoms with Crippen LogP contribution in [0.25, 0.3) is 0 Å². The SMILES string of the molecule is CCCCCC(C)NC(=NC)NCC(=O)N1CCCCC1.I. The number of carbonyl (C=O) groups excluding carboxylic acids is 1. The second-order valence-electron chi connectivity index (χ2n) is 5.91. The quantitative estimate of drug-likeness (QED) is 0.286. The minimum atomic E-state index is 0. The maximum atomic E-state index is 12.1. The van der Waals surface area contributed by atoms with Crippen LogP contribution < -0.4 is 10.6 Å². The van der Waals surface area contributed by atoms with E-state index < -0.39 is 0 Å². The summed E-state index contributed by atoms with van der Waals surface area (Å²) in [6, 6.07) is 0.382. The average molecular weight is 424 g/mol. The molecule has 6 heteroatoms. The summed E-state index contributed by atoms with van der Waals surface area (Å²) in [6.45, 7) is 6.51. The number of likely N-dealkylation sites (tertiary alicyclic amines) is 1. The summed E-state index contributed by atoms with van der Waals surface area (Å²) in [6.07, 6.45) is 8.38. The van der Waals surface area contributed by atoms with Gasteiger partial charge in [-0.05, 0) is 32.6 Å². The van der Waals surface area contributed by atoms with Crippen LogP contribution in [0, 0.1) is 0 Å². The lowest BCUT2D eigenvalue weighted by atomic mass is 10.1. The van der Waals surface area contributed by atoms with Crippen molar-refractivity contribution in [1.29, 1.82) is 0 Å². The fraction of sp³-hybridized carbons (Fsp3) is 0.875. The predicted molar refractivity (Wildman–Crippen MR) is 104 cm³/mol. The van der Waals surface area contributed by atoms with Crippen LogP contribution in [-0.2, 0) is 4.79 Å². The van der Waals surface area contributed by atoms with E-state index in [0.717, 1.165) is 38.3 Å². The average Bonchev–Trinajstić information content (AvgIpc) is 2.52. The molecule has 0 aromatic carbocycles. The molecule has 0 spiro atoms. The van der Waals surface area contributed by atoms with Gasteiger partial charge < -0.3 is 15.5 Å². The number of unbranched alkanes of at least 4 members (excludes halogenated alkanes) is 2. The molecule has 1 fully saturated rings. The molecule has 0 radical (unpaired) electrons. The maximum absolute atomic E-state index is 12.1. The number of hydrogen-bond acceptors (Lipinski definition) is 2. The summed E-state index contributed by atoms with van der Waals surface area (Å²) in [5.41, 5.74) is 0. The number of rotatable bonds is 7. The Labute approximate surface area is 152 Å². The molecule has 1 heterocycles. The van der Waals surface area contributed by atoms with E-state index in [-0.39, 0.29) is 29.9 Å². The Hall–Kier alpha value is -0.530. The summed E-state index contributed by atoms with van der Waals surface area (Å²) in [4.78, 5) is 18.2. The first-order valence-corrected chi connectivity index (χ1v) is 8.42. The van der Waals surface area contributed by atoms with Crippen molar-refractivity contribution in [3.63, 3.8) is 0 Å². The molecule has 0 saturated carbocycles. The first kappa shape index (κ1) is 21.5. The Morgan fingerprint density at radius 2 is 1.91 bits per heavy atom. The minimum Gasteiger partial charge on any atom is -0.354 e. The summed E-state index contributed by atoms with van der Waals surface area (Å²) >= 11 is 0. The number of halogens is 1. The maximum Gasteiger partial charge on any atom is 0.241 e. The molecule has 0 bridgehead atoms. The van der Waals surface area contributed by atoms with E-state index in [2.05, 4.69) is 29.5 Å². The van der Waals surface area contributed by atoms with Gasteiger partial charge in [0.05, 0.1) is 6.54 Å². The lowest BCUT2D eigenvalue weighted by Gasteiger charge is -2.27. The number of hydrogen-bond donors (Lipinski definition) is 2. The highest BCUT2D eigenvalue weighted by molar-refractivity contribution is 14.0. The van der Waals surface area contributed by atoms with Gasteiger partial charge in [-0.25, -0.2) is 0 Å². The number of amides is 1. The van der Waals surface area contributed by atoms with E-state index in [4.69, 9.17) is 0 Å². The third-order valence-electron chi connectivity index (χ3n) is 3.96. The molecule has 1 aliphatic heterocycles. The monoisotopic (exact) mass is 424 g/mol. The van der Waals surface area contributed by atoms with Crippen LogP contribution in [-0.4, -0.2) is 49.5 Å². The highest BCUT2D eigenvalue weighted by atomic mass is 127. The van der Waals surface area contributed by atoms with Crippen molar-refractivity contribution in [2.24, 2.45) is 4.99 Å². The van der Waals surface area contributed by atoms with E-state index in [1.165, 1.54) is 25.7 Å². The molecular formula is C16H33IN4O. The van der Waals surface area contributed by atoms with Gasteiger partial charge in [-0.3, -0.25) is 9.79 Å². The zero-order chi connectivity index (χ0) is 15.5. The highest BCUT2D eigenvalue weighted by Crippen LogP contribution is 2.08. The first-order valence-electron chi connectivity index (χ1n) is 8.42. The van der Waals surface area contributed by atoms with E-state index >= 15 is 0 Å². The molecule has 2 N–H and O–H groups in total. The number of nitrogens with one attached hydrogen (secondary N) is 2. The Balaban J connectivity index is 0.00000441. The van der Waals surface area contributed by atoms with Crippen molar-refractivity contribution >= 4 is 35.8 Å². The first-order chi connectivity index (χ1) is 10.2. The van der Waals surface area contributed by atoms with E-state index in [1.54, 1.807) is 7.05 Å². The van der Waals surface area contributed by atoms with Crippen LogP contribution in [0.15, 0.2) is 4.99 Å². The number of piperidine rings is 1. The van der Waals surface area contributed by atoms with Gasteiger partial charge in [0.2, 0.25) is 5.91 Å². The van der Waals surface area contributed by atoms with Crippen LogP contribution in [0.5, 0.6) is 0 Å². The van der Waals surface area contributed by atoms with Gasteiger partial charge in [0.15, 0.2) is 5.96 Å². The van der Waals surface area contributed by atoms with Gasteiger partial charge in [0, 0.05) is 26.2 Å². The summed E-state index contributed by atoms with van der Waals surface area (Å²) in [5, 5.41) is 6.49. The lowest BCUT2D eigenvalue weighted by molar-refractivity contribution is -0.130. The van der Waals surface area contributed by atoms with Crippen LogP contribution in [0.1, 0.15) is 58.8 Å². The molecule has 1 aliphatic rings. The van der Waals surface area contributed by atoms with Crippen molar-refractivity contribution in [2.75, 3.05) is 26.7 Å². The standard InChI is InChI=1S/C16H32N4O.HI/c1-4-5-7-10-14(2)19-16(17-3)18-13-15(21)20-11-8-6-9-12-20;/h14H,4-13H2,1-3H3,(H2,17,18,19);1H. The Bertz CT molecular complexity index is 330. The number of guanidine groups is 1. The molecule has 1 atom stereocenters. The number of aliphatic imine (C=N–C) groups is 1. The molecule has 0 aromatic heterocycles. The van der Waals surface area contributed by atoms with E-state index in [1.807, 2.05) is 4.90 Å². The summed E-state index contributed by atoms with van der Waals surface area (Å²) < 4.78 is 0. The zero-order valence-electron chi connectivity index (χ0n) is 14.4. The molecule has 1 saturated heterocycles. The third kappa shape index (κ3) is 8.80. The largest absolute Gasteiger partial charge is 0.354 e. The smallest absolute Gasteiger partial charge is 0.241 e. The fourth-order valence-electron chi connectivity index (χ4n) is 2.62. The number of nitrogens with zero attached hydrogens (tertiary/aromatic N) is 2. The minimum absolute atomic E-state index is 0. The van der Waals surface area contributed by atoms with Crippen LogP contribution in [0.4, 0.5) is 0 Å². The molecule has 22 heavy (non-hydrogen) atoms. The second kappa shape index (κ2) is 13.0. The van der Waals surface area contributed by atoms with E-state index in [0.29, 0.717) is 12.6 Å². The zero-order valence-corrected chi connectivity index (χ0v) is 16.7. The van der Waals surface area contributed by atoms with Gasteiger partial charge in [0.1, 0.15) is 0 Å². The van der Waals surface area contributed by atoms with Crippen molar-refractivity contribution in [2.45, 2.75) is 64.8 Å². The fourth-order valence-corrected chi connectivity index (χ4v) is 2.62. The molecular weight excluding hydrogens is 391 g/mol. The van der Waals surface area contributed by atoms with Gasteiger partial charge in [-0.15, -0.1) is 24.0 Å². The van der Waals surface area contributed by atoms with Crippen molar-refractivity contribution in [3.05, 3.63) is 0 Å². The van der Waals surface area contributed by atoms with Crippen molar-refractivity contribution < 1.29 is 4.79 Å². The van der Waals surface area contributed by atoms with Crippen LogP contribution in [0.2, 0.25) is 0 Å². The van der Waals surface area contributed by atoms with Gasteiger partial charge >= 0.3 is 0 Å². The molecule has 130 valence electrons. The van der Waals surface area contributed by atoms with E-state index in [9.17, 15) is 4.79 Å². The Morgan fingerprint density at radius 3 is 2.50 bits per heavy atom. The van der Waals surface area contributed by atoms with Gasteiger partial charge in [-0.1, -0.05) is 26.2 Å². The summed E-state index contributed by atoms with van der Waals surface area (Å²) in [5.74, 6) is 0.903. The lowest BCUT2D eigenvalue weighted by Crippen LogP contribution is -2.47. The second-order valence-corrected chi connectivity index (χ2v) is 5.91. The molecule has 1 unspecified atom stereocenters. The molecule has 0 aliphatic carbocycles. The third-order valence-corrected chi connectivity index (χ3v) is 3.96.